The summed E-state index contributed by atoms with van der Waals surface area (Å²) in [5, 5.41) is 0. The summed E-state index contributed by atoms with van der Waals surface area (Å²) >= 11 is 0. The minimum atomic E-state index is -4.35. The van der Waals surface area contributed by atoms with Gasteiger partial charge < -0.3 is 9.64 Å². The number of anilines is 1. The summed E-state index contributed by atoms with van der Waals surface area (Å²) in [6.07, 6.45) is -3.04. The maximum atomic E-state index is 13.3. The zero-order valence-electron chi connectivity index (χ0n) is 12.3. The summed E-state index contributed by atoms with van der Waals surface area (Å²) < 4.78 is 45.1. The zero-order valence-corrected chi connectivity index (χ0v) is 12.3. The Hall–Kier alpha value is -1.91. The van der Waals surface area contributed by atoms with Gasteiger partial charge in [0.25, 0.3) is 0 Å². The summed E-state index contributed by atoms with van der Waals surface area (Å²) in [6.45, 7) is 8.84. The van der Waals surface area contributed by atoms with Crippen LogP contribution >= 0.6 is 0 Å². The number of nitrogens with zero attached hydrogens (tertiary/aromatic N) is 1. The first-order chi connectivity index (χ1) is 9.79. The van der Waals surface area contributed by atoms with Crippen LogP contribution < -0.4 is 9.64 Å². The van der Waals surface area contributed by atoms with Gasteiger partial charge in [0.2, 0.25) is 0 Å². The van der Waals surface area contributed by atoms with Gasteiger partial charge in [-0.05, 0) is 37.6 Å². The lowest BCUT2D eigenvalue weighted by molar-refractivity contribution is -0.148. The lowest BCUT2D eigenvalue weighted by atomic mass is 10.1. The first-order valence-electron chi connectivity index (χ1n) is 6.52. The molecule has 0 aliphatic heterocycles. The van der Waals surface area contributed by atoms with E-state index in [9.17, 15) is 13.2 Å². The van der Waals surface area contributed by atoms with E-state index in [1.807, 2.05) is 0 Å². The number of halogens is 3. The first kappa shape index (κ1) is 17.1. The highest BCUT2D eigenvalue weighted by atomic mass is 19.4. The number of rotatable bonds is 7. The highest BCUT2D eigenvalue weighted by molar-refractivity contribution is 5.51. The van der Waals surface area contributed by atoms with Crippen molar-refractivity contribution in [3.8, 4) is 5.75 Å². The molecule has 2 nitrogen and oxygen atoms in total. The van der Waals surface area contributed by atoms with Crippen molar-refractivity contribution in [1.82, 2.24) is 0 Å². The van der Waals surface area contributed by atoms with E-state index < -0.39 is 12.2 Å². The number of benzene rings is 1. The van der Waals surface area contributed by atoms with Gasteiger partial charge in [0.15, 0.2) is 0 Å². The molecule has 21 heavy (non-hydrogen) atoms. The molecule has 0 saturated heterocycles. The SMILES string of the molecule is C=CCN(c1ccc(OC)cc1)C(CC(=C)C)C(F)(F)F. The maximum Gasteiger partial charge on any atom is 0.409 e. The fourth-order valence-electron chi connectivity index (χ4n) is 2.06. The number of alkyl halides is 3. The molecule has 116 valence electrons. The van der Waals surface area contributed by atoms with Crippen LogP contribution in [0.1, 0.15) is 13.3 Å². The van der Waals surface area contributed by atoms with Crippen LogP contribution in [0.15, 0.2) is 49.1 Å². The van der Waals surface area contributed by atoms with Gasteiger partial charge in [-0.3, -0.25) is 0 Å². The minimum Gasteiger partial charge on any atom is -0.497 e. The van der Waals surface area contributed by atoms with Crippen molar-refractivity contribution >= 4 is 5.69 Å². The van der Waals surface area contributed by atoms with Crippen molar-refractivity contribution in [2.45, 2.75) is 25.6 Å². The predicted molar refractivity (Wildman–Crippen MR) is 79.8 cm³/mol. The molecule has 1 aromatic carbocycles. The molecule has 0 aromatic heterocycles. The Labute approximate surface area is 123 Å². The number of hydrogen-bond donors (Lipinski definition) is 0. The second kappa shape index (κ2) is 7.20. The Balaban J connectivity index is 3.15. The Morgan fingerprint density at radius 3 is 2.29 bits per heavy atom. The normalized spacial score (nSPS) is 12.6. The third-order valence-electron chi connectivity index (χ3n) is 3.03. The molecule has 0 radical (unpaired) electrons. The van der Waals surface area contributed by atoms with Crippen LogP contribution in [-0.4, -0.2) is 25.9 Å². The van der Waals surface area contributed by atoms with E-state index in [0.29, 0.717) is 17.0 Å². The molecule has 1 rings (SSSR count). The van der Waals surface area contributed by atoms with Crippen LogP contribution in [0, 0.1) is 0 Å². The van der Waals surface area contributed by atoms with Crippen molar-refractivity contribution in [1.29, 1.82) is 0 Å². The molecule has 0 aliphatic rings. The number of methoxy groups -OCH3 is 1. The zero-order chi connectivity index (χ0) is 16.0. The first-order valence-corrected chi connectivity index (χ1v) is 6.52. The van der Waals surface area contributed by atoms with E-state index >= 15 is 0 Å². The van der Waals surface area contributed by atoms with Crippen LogP contribution in [0.4, 0.5) is 18.9 Å². The maximum absolute atomic E-state index is 13.3. The highest BCUT2D eigenvalue weighted by Crippen LogP contribution is 2.33. The van der Waals surface area contributed by atoms with Gasteiger partial charge in [-0.1, -0.05) is 11.6 Å². The van der Waals surface area contributed by atoms with Gasteiger partial charge in [0.05, 0.1) is 7.11 Å². The van der Waals surface area contributed by atoms with Gasteiger partial charge in [-0.15, -0.1) is 13.2 Å². The lowest BCUT2D eigenvalue weighted by Gasteiger charge is -2.34. The average Bonchev–Trinajstić information content (AvgIpc) is 2.41. The summed E-state index contributed by atoms with van der Waals surface area (Å²) in [6, 6.07) is 4.87. The van der Waals surface area contributed by atoms with Crippen molar-refractivity contribution in [3.63, 3.8) is 0 Å². The molecule has 0 spiro atoms. The summed E-state index contributed by atoms with van der Waals surface area (Å²) in [5.41, 5.74) is 0.958. The molecule has 0 aliphatic carbocycles. The van der Waals surface area contributed by atoms with Gasteiger partial charge in [-0.25, -0.2) is 0 Å². The smallest absolute Gasteiger partial charge is 0.409 e. The van der Waals surface area contributed by atoms with E-state index in [-0.39, 0.29) is 13.0 Å². The lowest BCUT2D eigenvalue weighted by Crippen LogP contribution is -2.46. The molecule has 5 heteroatoms. The van der Waals surface area contributed by atoms with E-state index in [4.69, 9.17) is 4.74 Å². The molecule has 0 bridgehead atoms. The Morgan fingerprint density at radius 2 is 1.90 bits per heavy atom. The van der Waals surface area contributed by atoms with E-state index in [0.717, 1.165) is 0 Å². The fraction of sp³-hybridized carbons (Fsp3) is 0.375. The van der Waals surface area contributed by atoms with Gasteiger partial charge >= 0.3 is 6.18 Å². The van der Waals surface area contributed by atoms with Crippen molar-refractivity contribution in [2.24, 2.45) is 0 Å². The quantitative estimate of drug-likeness (QED) is 0.683. The van der Waals surface area contributed by atoms with Crippen LogP contribution in [0.25, 0.3) is 0 Å². The third-order valence-corrected chi connectivity index (χ3v) is 3.03. The predicted octanol–water partition coefficient (Wildman–Crippen LogP) is 4.58. The second-order valence-electron chi connectivity index (χ2n) is 4.86. The largest absolute Gasteiger partial charge is 0.497 e. The Bertz CT molecular complexity index is 479. The van der Waals surface area contributed by atoms with Crippen LogP contribution in [0.3, 0.4) is 0 Å². The summed E-state index contributed by atoms with van der Waals surface area (Å²) in [4.78, 5) is 1.28. The van der Waals surface area contributed by atoms with Crippen LogP contribution in [0.5, 0.6) is 5.75 Å². The van der Waals surface area contributed by atoms with Crippen LogP contribution in [0.2, 0.25) is 0 Å². The standard InChI is InChI=1S/C16H20F3NO/c1-5-10-20(13-6-8-14(21-4)9-7-13)15(11-12(2)3)16(17,18)19/h5-9,15H,1-2,10-11H2,3-4H3. The summed E-state index contributed by atoms with van der Waals surface area (Å²) in [7, 11) is 1.51. The summed E-state index contributed by atoms with van der Waals surface area (Å²) in [5.74, 6) is 0.598. The minimum absolute atomic E-state index is 0.101. The van der Waals surface area contributed by atoms with E-state index in [1.54, 1.807) is 31.2 Å². The van der Waals surface area contributed by atoms with Gasteiger partial charge in [0, 0.05) is 12.2 Å². The van der Waals surface area contributed by atoms with Crippen molar-refractivity contribution in [2.75, 3.05) is 18.6 Å². The third kappa shape index (κ3) is 4.85. The Morgan fingerprint density at radius 1 is 1.33 bits per heavy atom. The Kier molecular flexibility index (Phi) is 5.88. The highest BCUT2D eigenvalue weighted by Gasteiger charge is 2.43. The molecule has 1 unspecified atom stereocenters. The van der Waals surface area contributed by atoms with Crippen molar-refractivity contribution < 1.29 is 17.9 Å². The van der Waals surface area contributed by atoms with Gasteiger partial charge in [0.1, 0.15) is 11.8 Å². The average molecular weight is 299 g/mol. The van der Waals surface area contributed by atoms with Crippen LogP contribution in [-0.2, 0) is 0 Å². The molecule has 0 saturated carbocycles. The molecule has 0 N–H and O–H groups in total. The molecule has 1 aromatic rings. The van der Waals surface area contributed by atoms with E-state index in [1.165, 1.54) is 18.1 Å². The number of hydrogen-bond acceptors (Lipinski definition) is 2. The van der Waals surface area contributed by atoms with E-state index in [2.05, 4.69) is 13.2 Å². The van der Waals surface area contributed by atoms with Gasteiger partial charge in [-0.2, -0.15) is 13.2 Å². The molecule has 0 amide bonds. The molecule has 0 fully saturated rings. The molecular formula is C16H20F3NO. The van der Waals surface area contributed by atoms with Crippen molar-refractivity contribution in [3.05, 3.63) is 49.1 Å². The topological polar surface area (TPSA) is 12.5 Å². The molecule has 1 atom stereocenters. The molecule has 0 heterocycles. The fourth-order valence-corrected chi connectivity index (χ4v) is 2.06. The number of ether oxygens (including phenoxy) is 1. The monoisotopic (exact) mass is 299 g/mol. The molecular weight excluding hydrogens is 279 g/mol. The second-order valence-corrected chi connectivity index (χ2v) is 4.86.